The molecule has 1 rings (SSSR count). The molecule has 21 heavy (non-hydrogen) atoms. The fourth-order valence-electron chi connectivity index (χ4n) is 1.95. The molecule has 0 aliphatic rings. The van der Waals surface area contributed by atoms with E-state index in [-0.39, 0.29) is 0 Å². The highest BCUT2D eigenvalue weighted by molar-refractivity contribution is 5.21. The first-order valence-electron chi connectivity index (χ1n) is 7.82. The standard InChI is InChI=1S/C17H29NO3/c1-3-4-8-20-9-10-21-14-17(19)13-18-12-16-7-5-6-15(2)11-16/h5-7,11,17-19H,3-4,8-10,12-14H2,1-2H3. The SMILES string of the molecule is CCCCOCCOCC(O)CNCc1cccc(C)c1. The first kappa shape index (κ1) is 18.1. The van der Waals surface area contributed by atoms with Gasteiger partial charge in [0.2, 0.25) is 0 Å². The molecule has 4 heteroatoms. The van der Waals surface area contributed by atoms with E-state index in [2.05, 4.69) is 37.4 Å². The van der Waals surface area contributed by atoms with Crippen LogP contribution < -0.4 is 5.32 Å². The topological polar surface area (TPSA) is 50.7 Å². The lowest BCUT2D eigenvalue weighted by molar-refractivity contribution is 0.00385. The van der Waals surface area contributed by atoms with Crippen molar-refractivity contribution in [3.05, 3.63) is 35.4 Å². The van der Waals surface area contributed by atoms with Crippen molar-refractivity contribution in [3.63, 3.8) is 0 Å². The van der Waals surface area contributed by atoms with Crippen molar-refractivity contribution >= 4 is 0 Å². The van der Waals surface area contributed by atoms with Crippen molar-refractivity contribution in [2.45, 2.75) is 39.3 Å². The van der Waals surface area contributed by atoms with Gasteiger partial charge >= 0.3 is 0 Å². The number of hydrogen-bond donors (Lipinski definition) is 2. The van der Waals surface area contributed by atoms with Crippen LogP contribution in [0.2, 0.25) is 0 Å². The maximum absolute atomic E-state index is 9.79. The molecule has 2 N–H and O–H groups in total. The number of ether oxygens (including phenoxy) is 2. The number of benzene rings is 1. The first-order valence-corrected chi connectivity index (χ1v) is 7.82. The van der Waals surface area contributed by atoms with Crippen molar-refractivity contribution in [1.82, 2.24) is 5.32 Å². The number of aliphatic hydroxyl groups is 1. The van der Waals surface area contributed by atoms with E-state index in [0.29, 0.717) is 26.4 Å². The van der Waals surface area contributed by atoms with E-state index in [4.69, 9.17) is 9.47 Å². The van der Waals surface area contributed by atoms with E-state index >= 15 is 0 Å². The van der Waals surface area contributed by atoms with Gasteiger partial charge in [0.25, 0.3) is 0 Å². The predicted molar refractivity (Wildman–Crippen MR) is 85.4 cm³/mol. The van der Waals surface area contributed by atoms with Crippen LogP contribution in [-0.2, 0) is 16.0 Å². The van der Waals surface area contributed by atoms with Gasteiger partial charge in [0, 0.05) is 19.7 Å². The van der Waals surface area contributed by atoms with Crippen molar-refractivity contribution in [2.75, 3.05) is 33.0 Å². The smallest absolute Gasteiger partial charge is 0.0897 e. The lowest BCUT2D eigenvalue weighted by atomic mass is 10.1. The third kappa shape index (κ3) is 9.58. The molecule has 0 fully saturated rings. The molecule has 0 aromatic heterocycles. The molecule has 4 nitrogen and oxygen atoms in total. The Morgan fingerprint density at radius 2 is 2.00 bits per heavy atom. The van der Waals surface area contributed by atoms with E-state index in [1.807, 2.05) is 6.07 Å². The fourth-order valence-corrected chi connectivity index (χ4v) is 1.95. The fraction of sp³-hybridized carbons (Fsp3) is 0.647. The lowest BCUT2D eigenvalue weighted by Gasteiger charge is -2.13. The summed E-state index contributed by atoms with van der Waals surface area (Å²) in [5.41, 5.74) is 2.48. The first-order chi connectivity index (χ1) is 10.2. The van der Waals surface area contributed by atoms with Gasteiger partial charge in [0.05, 0.1) is 25.9 Å². The van der Waals surface area contributed by atoms with E-state index in [0.717, 1.165) is 26.0 Å². The van der Waals surface area contributed by atoms with Crippen LogP contribution in [0, 0.1) is 6.92 Å². The largest absolute Gasteiger partial charge is 0.389 e. The minimum absolute atomic E-state index is 0.345. The summed E-state index contributed by atoms with van der Waals surface area (Å²) >= 11 is 0. The number of rotatable bonds is 12. The summed E-state index contributed by atoms with van der Waals surface area (Å²) in [5, 5.41) is 13.0. The normalized spacial score (nSPS) is 12.5. The second-order valence-electron chi connectivity index (χ2n) is 5.31. The van der Waals surface area contributed by atoms with Gasteiger partial charge in [-0.05, 0) is 18.9 Å². The van der Waals surface area contributed by atoms with Gasteiger partial charge in [-0.2, -0.15) is 0 Å². The number of aliphatic hydroxyl groups excluding tert-OH is 1. The Kier molecular flexibility index (Phi) is 10.1. The second kappa shape index (κ2) is 11.7. The molecule has 0 radical (unpaired) electrons. The van der Waals surface area contributed by atoms with Crippen LogP contribution in [0.1, 0.15) is 30.9 Å². The summed E-state index contributed by atoms with van der Waals surface area (Å²) < 4.78 is 10.8. The highest BCUT2D eigenvalue weighted by Gasteiger charge is 2.03. The molecule has 0 saturated heterocycles. The van der Waals surface area contributed by atoms with Crippen LogP contribution in [0.25, 0.3) is 0 Å². The Morgan fingerprint density at radius 3 is 2.76 bits per heavy atom. The third-order valence-corrected chi connectivity index (χ3v) is 3.12. The summed E-state index contributed by atoms with van der Waals surface area (Å²) in [7, 11) is 0. The summed E-state index contributed by atoms with van der Waals surface area (Å²) in [6.07, 6.45) is 1.75. The van der Waals surface area contributed by atoms with Gasteiger partial charge in [0.15, 0.2) is 0 Å². The van der Waals surface area contributed by atoms with Crippen molar-refractivity contribution in [1.29, 1.82) is 0 Å². The molecular formula is C17H29NO3. The molecular weight excluding hydrogens is 266 g/mol. The Labute approximate surface area is 128 Å². The monoisotopic (exact) mass is 295 g/mol. The molecule has 1 aromatic rings. The molecule has 120 valence electrons. The molecule has 0 amide bonds. The highest BCUT2D eigenvalue weighted by atomic mass is 16.5. The van der Waals surface area contributed by atoms with Gasteiger partial charge in [-0.1, -0.05) is 43.2 Å². The minimum atomic E-state index is -0.481. The molecule has 0 aliphatic heterocycles. The summed E-state index contributed by atoms with van der Waals surface area (Å²) in [4.78, 5) is 0. The number of hydrogen-bond acceptors (Lipinski definition) is 4. The van der Waals surface area contributed by atoms with Crippen molar-refractivity contribution in [3.8, 4) is 0 Å². The van der Waals surface area contributed by atoms with Gasteiger partial charge in [-0.3, -0.25) is 0 Å². The minimum Gasteiger partial charge on any atom is -0.389 e. The third-order valence-electron chi connectivity index (χ3n) is 3.12. The Morgan fingerprint density at radius 1 is 1.19 bits per heavy atom. The predicted octanol–water partition coefficient (Wildman–Crippen LogP) is 2.28. The Bertz CT molecular complexity index is 371. The summed E-state index contributed by atoms with van der Waals surface area (Å²) in [5.74, 6) is 0. The van der Waals surface area contributed by atoms with Gasteiger partial charge < -0.3 is 19.9 Å². The molecule has 0 saturated carbocycles. The zero-order valence-electron chi connectivity index (χ0n) is 13.3. The summed E-state index contributed by atoms with van der Waals surface area (Å²) in [6.45, 7) is 7.79. The average Bonchev–Trinajstić information content (AvgIpc) is 2.46. The van der Waals surface area contributed by atoms with Crippen LogP contribution in [0.3, 0.4) is 0 Å². The van der Waals surface area contributed by atoms with Gasteiger partial charge in [0.1, 0.15) is 0 Å². The number of nitrogens with one attached hydrogen (secondary N) is 1. The average molecular weight is 295 g/mol. The number of unbranched alkanes of at least 4 members (excludes halogenated alkanes) is 1. The van der Waals surface area contributed by atoms with Crippen molar-refractivity contribution in [2.24, 2.45) is 0 Å². The van der Waals surface area contributed by atoms with Crippen LogP contribution >= 0.6 is 0 Å². The van der Waals surface area contributed by atoms with Gasteiger partial charge in [-0.25, -0.2) is 0 Å². The van der Waals surface area contributed by atoms with E-state index in [1.165, 1.54) is 11.1 Å². The molecule has 1 atom stereocenters. The molecule has 0 spiro atoms. The van der Waals surface area contributed by atoms with Gasteiger partial charge in [-0.15, -0.1) is 0 Å². The summed E-state index contributed by atoms with van der Waals surface area (Å²) in [6, 6.07) is 8.35. The highest BCUT2D eigenvalue weighted by Crippen LogP contribution is 2.03. The Balaban J connectivity index is 1.97. The zero-order valence-corrected chi connectivity index (χ0v) is 13.3. The van der Waals surface area contributed by atoms with Crippen molar-refractivity contribution < 1.29 is 14.6 Å². The molecule has 1 aromatic carbocycles. The maximum Gasteiger partial charge on any atom is 0.0897 e. The van der Waals surface area contributed by atoms with Crippen LogP contribution in [0.15, 0.2) is 24.3 Å². The molecule has 0 aliphatic carbocycles. The van der Waals surface area contributed by atoms with Crippen LogP contribution in [-0.4, -0.2) is 44.2 Å². The molecule has 0 bridgehead atoms. The van der Waals surface area contributed by atoms with E-state index in [9.17, 15) is 5.11 Å². The van der Waals surface area contributed by atoms with Crippen LogP contribution in [0.4, 0.5) is 0 Å². The number of aryl methyl sites for hydroxylation is 1. The molecule has 0 heterocycles. The maximum atomic E-state index is 9.79. The quantitative estimate of drug-likeness (QED) is 0.581. The van der Waals surface area contributed by atoms with Crippen LogP contribution in [0.5, 0.6) is 0 Å². The van der Waals surface area contributed by atoms with E-state index in [1.54, 1.807) is 0 Å². The second-order valence-corrected chi connectivity index (χ2v) is 5.31. The lowest BCUT2D eigenvalue weighted by Crippen LogP contribution is -2.30. The Hall–Kier alpha value is -0.940. The zero-order chi connectivity index (χ0) is 15.3. The molecule has 1 unspecified atom stereocenters. The van der Waals surface area contributed by atoms with E-state index < -0.39 is 6.10 Å².